The number of fused-ring (bicyclic) bond motifs is 7. The van der Waals surface area contributed by atoms with Crippen molar-refractivity contribution in [2.45, 2.75) is 39.3 Å². The number of rotatable bonds is 4. The first-order valence-corrected chi connectivity index (χ1v) is 14.2. The van der Waals surface area contributed by atoms with Crippen molar-refractivity contribution in [3.8, 4) is 17.2 Å². The molecule has 0 saturated carbocycles. The van der Waals surface area contributed by atoms with Crippen molar-refractivity contribution >= 4 is 39.8 Å². The van der Waals surface area contributed by atoms with Crippen LogP contribution in [0.1, 0.15) is 26.3 Å². The lowest BCUT2D eigenvalue weighted by Crippen LogP contribution is -2.57. The number of benzene rings is 2. The summed E-state index contributed by atoms with van der Waals surface area (Å²) in [5.74, 6) is 2.74. The Kier molecular flexibility index (Phi) is 6.41. The molecule has 7 rings (SSSR count). The van der Waals surface area contributed by atoms with Crippen LogP contribution in [0.5, 0.6) is 17.2 Å². The Morgan fingerprint density at radius 1 is 1.05 bits per heavy atom. The number of hydrogen-bond donors (Lipinski definition) is 1. The lowest BCUT2D eigenvalue weighted by Gasteiger charge is -2.40. The molecule has 1 atom stereocenters. The SMILES string of the molecule is Cc1cc(Nc2ncnc3ccc4c(c23)OC[C@@H]2CN4CCN2C(=O)OC(C)(C)C)ccc1Oc1ccn2ncnc2c1. The van der Waals surface area contributed by atoms with Gasteiger partial charge in [-0.2, -0.15) is 5.10 Å². The van der Waals surface area contributed by atoms with Gasteiger partial charge < -0.3 is 24.4 Å². The minimum Gasteiger partial charge on any atom is -0.488 e. The summed E-state index contributed by atoms with van der Waals surface area (Å²) in [6, 6.07) is 13.4. The Bertz CT molecular complexity index is 1850. The van der Waals surface area contributed by atoms with Crippen molar-refractivity contribution in [3.05, 3.63) is 66.9 Å². The van der Waals surface area contributed by atoms with Gasteiger partial charge in [-0.25, -0.2) is 24.3 Å². The molecule has 0 radical (unpaired) electrons. The first kappa shape index (κ1) is 26.7. The van der Waals surface area contributed by atoms with Gasteiger partial charge in [0.05, 0.1) is 22.6 Å². The summed E-state index contributed by atoms with van der Waals surface area (Å²) in [7, 11) is 0. The molecule has 220 valence electrons. The molecule has 2 bridgehead atoms. The Balaban J connectivity index is 1.15. The zero-order valence-electron chi connectivity index (χ0n) is 24.4. The lowest BCUT2D eigenvalue weighted by atomic mass is 10.1. The molecule has 2 aromatic carbocycles. The lowest BCUT2D eigenvalue weighted by molar-refractivity contribution is 0.00980. The minimum absolute atomic E-state index is 0.146. The average molecular weight is 581 g/mol. The van der Waals surface area contributed by atoms with Crippen molar-refractivity contribution < 1.29 is 19.0 Å². The van der Waals surface area contributed by atoms with Gasteiger partial charge in [0.1, 0.15) is 42.2 Å². The minimum atomic E-state index is -0.564. The quantitative estimate of drug-likeness (QED) is 0.299. The van der Waals surface area contributed by atoms with Crippen LogP contribution in [0.25, 0.3) is 16.6 Å². The zero-order valence-corrected chi connectivity index (χ0v) is 24.4. The highest BCUT2D eigenvalue weighted by molar-refractivity contribution is 6.00. The van der Waals surface area contributed by atoms with Crippen LogP contribution in [0.3, 0.4) is 0 Å². The maximum Gasteiger partial charge on any atom is 0.410 e. The van der Waals surface area contributed by atoms with Gasteiger partial charge in [-0.05, 0) is 69.7 Å². The first-order chi connectivity index (χ1) is 20.7. The number of nitrogens with one attached hydrogen (secondary N) is 1. The van der Waals surface area contributed by atoms with E-state index < -0.39 is 5.60 Å². The van der Waals surface area contributed by atoms with Crippen molar-refractivity contribution in [2.24, 2.45) is 0 Å². The highest BCUT2D eigenvalue weighted by atomic mass is 16.6. The van der Waals surface area contributed by atoms with E-state index in [1.165, 1.54) is 6.33 Å². The number of hydrogen-bond acceptors (Lipinski definition) is 10. The van der Waals surface area contributed by atoms with Gasteiger partial charge in [-0.3, -0.25) is 4.90 Å². The second-order valence-electron chi connectivity index (χ2n) is 11.7. The normalized spacial score (nSPS) is 16.4. The predicted molar refractivity (Wildman–Crippen MR) is 161 cm³/mol. The second kappa shape index (κ2) is 10.3. The molecule has 1 N–H and O–H groups in total. The number of pyridine rings is 1. The van der Waals surface area contributed by atoms with Crippen LogP contribution < -0.4 is 19.7 Å². The summed E-state index contributed by atoms with van der Waals surface area (Å²) in [5.41, 5.74) is 3.66. The number of aryl methyl sites for hydroxylation is 1. The number of ether oxygens (including phenoxy) is 3. The third kappa shape index (κ3) is 5.20. The molecule has 0 unspecified atom stereocenters. The maximum atomic E-state index is 12.9. The smallest absolute Gasteiger partial charge is 0.410 e. The van der Waals surface area contributed by atoms with Gasteiger partial charge in [0.25, 0.3) is 0 Å². The van der Waals surface area contributed by atoms with E-state index in [0.717, 1.165) is 33.6 Å². The zero-order chi connectivity index (χ0) is 29.7. The van der Waals surface area contributed by atoms with Crippen LogP contribution >= 0.6 is 0 Å². The van der Waals surface area contributed by atoms with Crippen LogP contribution in [-0.2, 0) is 4.74 Å². The number of nitrogens with zero attached hydrogens (tertiary/aromatic N) is 7. The van der Waals surface area contributed by atoms with Crippen molar-refractivity contribution in [1.82, 2.24) is 29.5 Å². The fourth-order valence-corrected chi connectivity index (χ4v) is 5.52. The molecule has 12 nitrogen and oxygen atoms in total. The summed E-state index contributed by atoms with van der Waals surface area (Å²) in [6.07, 6.45) is 4.55. The highest BCUT2D eigenvalue weighted by Gasteiger charge is 2.37. The number of amides is 1. The Morgan fingerprint density at radius 2 is 1.93 bits per heavy atom. The summed E-state index contributed by atoms with van der Waals surface area (Å²) < 4.78 is 20.0. The molecular formula is C31H32N8O4. The van der Waals surface area contributed by atoms with E-state index in [9.17, 15) is 4.79 Å². The van der Waals surface area contributed by atoms with E-state index in [1.807, 2.05) is 76.4 Å². The van der Waals surface area contributed by atoms with Crippen molar-refractivity contribution in [1.29, 1.82) is 0 Å². The molecule has 2 aliphatic rings. The number of carbonyl (C=O) groups excluding carboxylic acids is 1. The monoisotopic (exact) mass is 580 g/mol. The maximum absolute atomic E-state index is 12.9. The van der Waals surface area contributed by atoms with Crippen LogP contribution in [0.4, 0.5) is 22.0 Å². The topological polar surface area (TPSA) is 119 Å². The molecule has 3 aromatic heterocycles. The number of carbonyl (C=O) groups is 1. The summed E-state index contributed by atoms with van der Waals surface area (Å²) in [4.78, 5) is 30.3. The molecular weight excluding hydrogens is 548 g/mol. The Labute approximate surface area is 248 Å². The number of aromatic nitrogens is 5. The van der Waals surface area contributed by atoms with Gasteiger partial charge in [0.2, 0.25) is 0 Å². The van der Waals surface area contributed by atoms with Crippen LogP contribution in [-0.4, -0.2) is 73.4 Å². The molecule has 0 spiro atoms. The average Bonchev–Trinajstić information content (AvgIpc) is 3.39. The molecule has 5 aromatic rings. The fraction of sp³-hybridized carbons (Fsp3) is 0.323. The predicted octanol–water partition coefficient (Wildman–Crippen LogP) is 5.33. The molecule has 0 aliphatic carbocycles. The third-order valence-corrected chi connectivity index (χ3v) is 7.52. The first-order valence-electron chi connectivity index (χ1n) is 14.2. The standard InChI is InChI=1S/C31H32N8O4/c1-19-13-20(5-8-25(19)42-22-9-10-39-26(14-22)33-18-35-39)36-29-27-23(32-17-34-29)6-7-24-28(27)41-16-21-15-37(24)11-12-38(21)30(40)43-31(2,3)4/h5-10,13-14,17-18,21H,11-12,15-16H2,1-4H3,(H,32,34,36)/t21-/m0/s1. The second-order valence-corrected chi connectivity index (χ2v) is 11.7. The number of piperazine rings is 1. The Hall–Kier alpha value is -5.13. The third-order valence-electron chi connectivity index (χ3n) is 7.52. The largest absolute Gasteiger partial charge is 0.488 e. The highest BCUT2D eigenvalue weighted by Crippen LogP contribution is 2.42. The van der Waals surface area contributed by atoms with E-state index in [1.54, 1.807) is 15.7 Å². The van der Waals surface area contributed by atoms with E-state index in [4.69, 9.17) is 14.2 Å². The molecule has 12 heteroatoms. The summed E-state index contributed by atoms with van der Waals surface area (Å²) in [5, 5.41) is 8.39. The van der Waals surface area contributed by atoms with Crippen LogP contribution in [0.2, 0.25) is 0 Å². The van der Waals surface area contributed by atoms with E-state index in [2.05, 4.69) is 30.3 Å². The molecule has 43 heavy (non-hydrogen) atoms. The van der Waals surface area contributed by atoms with Gasteiger partial charge in [-0.1, -0.05) is 0 Å². The van der Waals surface area contributed by atoms with E-state index in [0.29, 0.717) is 49.2 Å². The van der Waals surface area contributed by atoms with Gasteiger partial charge >= 0.3 is 6.09 Å². The van der Waals surface area contributed by atoms with Gasteiger partial charge in [0.15, 0.2) is 11.4 Å². The summed E-state index contributed by atoms with van der Waals surface area (Å²) >= 11 is 0. The molecule has 1 amide bonds. The van der Waals surface area contributed by atoms with E-state index >= 15 is 0 Å². The molecule has 2 aliphatic heterocycles. The fourth-order valence-electron chi connectivity index (χ4n) is 5.52. The number of anilines is 3. The van der Waals surface area contributed by atoms with Crippen molar-refractivity contribution in [2.75, 3.05) is 36.5 Å². The molecule has 1 fully saturated rings. The molecule has 1 saturated heterocycles. The van der Waals surface area contributed by atoms with Gasteiger partial charge in [-0.15, -0.1) is 0 Å². The van der Waals surface area contributed by atoms with E-state index in [-0.39, 0.29) is 12.1 Å². The summed E-state index contributed by atoms with van der Waals surface area (Å²) in [6.45, 7) is 9.83. The molecule has 5 heterocycles. The Morgan fingerprint density at radius 3 is 2.77 bits per heavy atom. The van der Waals surface area contributed by atoms with Gasteiger partial charge in [0, 0.05) is 37.6 Å². The van der Waals surface area contributed by atoms with Crippen LogP contribution in [0, 0.1) is 6.92 Å². The van der Waals surface area contributed by atoms with Crippen molar-refractivity contribution in [3.63, 3.8) is 0 Å². The van der Waals surface area contributed by atoms with Crippen LogP contribution in [0.15, 0.2) is 61.3 Å².